The number of aromatic nitrogens is 3. The zero-order valence-electron chi connectivity index (χ0n) is 14.4. The van der Waals surface area contributed by atoms with Gasteiger partial charge in [0.1, 0.15) is 0 Å². The van der Waals surface area contributed by atoms with Gasteiger partial charge in [0, 0.05) is 12.7 Å². The Morgan fingerprint density at radius 1 is 1.28 bits per heavy atom. The number of carbonyl (C=O) groups is 1. The van der Waals surface area contributed by atoms with Crippen molar-refractivity contribution in [1.82, 2.24) is 14.5 Å². The smallest absolute Gasteiger partial charge is 0.258 e. The van der Waals surface area contributed by atoms with Gasteiger partial charge in [0.05, 0.1) is 23.3 Å². The number of imidazole rings is 1. The number of hydrogen-bond acceptors (Lipinski definition) is 3. The lowest BCUT2D eigenvalue weighted by Crippen LogP contribution is -2.14. The first-order chi connectivity index (χ1) is 12.0. The van der Waals surface area contributed by atoms with E-state index in [1.54, 1.807) is 31.5 Å². The molecule has 0 aliphatic heterocycles. The van der Waals surface area contributed by atoms with Gasteiger partial charge in [-0.15, -0.1) is 0 Å². The highest BCUT2D eigenvalue weighted by Gasteiger charge is 2.12. The van der Waals surface area contributed by atoms with Crippen LogP contribution >= 0.6 is 0 Å². The van der Waals surface area contributed by atoms with Crippen molar-refractivity contribution in [3.05, 3.63) is 83.6 Å². The van der Waals surface area contributed by atoms with Gasteiger partial charge < -0.3 is 9.88 Å². The predicted octanol–water partition coefficient (Wildman–Crippen LogP) is 3.84. The SMILES string of the molecule is C=Cc1ccc(C(=O)Nc2cn(Cc3cccc(C)c3)cn2)c(C)n1. The van der Waals surface area contributed by atoms with E-state index >= 15 is 0 Å². The summed E-state index contributed by atoms with van der Waals surface area (Å²) < 4.78 is 1.94. The molecule has 3 aromatic rings. The van der Waals surface area contributed by atoms with E-state index in [-0.39, 0.29) is 5.91 Å². The Bertz CT molecular complexity index is 927. The number of pyridine rings is 1. The zero-order chi connectivity index (χ0) is 17.8. The largest absolute Gasteiger partial charge is 0.331 e. The molecule has 0 bridgehead atoms. The first-order valence-electron chi connectivity index (χ1n) is 8.04. The van der Waals surface area contributed by atoms with Gasteiger partial charge in [-0.2, -0.15) is 0 Å². The van der Waals surface area contributed by atoms with Gasteiger partial charge in [-0.1, -0.05) is 36.4 Å². The normalized spacial score (nSPS) is 10.5. The third kappa shape index (κ3) is 4.01. The van der Waals surface area contributed by atoms with Crippen LogP contribution in [-0.4, -0.2) is 20.4 Å². The number of aryl methyl sites for hydroxylation is 2. The van der Waals surface area contributed by atoms with Crippen molar-refractivity contribution in [2.45, 2.75) is 20.4 Å². The summed E-state index contributed by atoms with van der Waals surface area (Å²) in [4.78, 5) is 21.0. The van der Waals surface area contributed by atoms with Crippen molar-refractivity contribution in [1.29, 1.82) is 0 Å². The molecule has 3 rings (SSSR count). The van der Waals surface area contributed by atoms with Crippen LogP contribution in [0, 0.1) is 13.8 Å². The van der Waals surface area contributed by atoms with Crippen LogP contribution in [0.2, 0.25) is 0 Å². The van der Waals surface area contributed by atoms with Gasteiger partial charge in [0.2, 0.25) is 0 Å². The molecule has 126 valence electrons. The molecule has 0 aliphatic rings. The van der Waals surface area contributed by atoms with Crippen LogP contribution in [0.5, 0.6) is 0 Å². The highest BCUT2D eigenvalue weighted by molar-refractivity contribution is 6.04. The summed E-state index contributed by atoms with van der Waals surface area (Å²) in [5, 5.41) is 2.82. The van der Waals surface area contributed by atoms with E-state index in [0.29, 0.717) is 23.6 Å². The Morgan fingerprint density at radius 2 is 2.12 bits per heavy atom. The van der Waals surface area contributed by atoms with Crippen molar-refractivity contribution in [2.24, 2.45) is 0 Å². The standard InChI is InChI=1S/C20H20N4O/c1-4-17-8-9-18(15(3)22-17)20(25)23-19-12-24(13-21-19)11-16-7-5-6-14(2)10-16/h4-10,12-13H,1,11H2,2-3H3,(H,23,25). The van der Waals surface area contributed by atoms with Crippen LogP contribution in [-0.2, 0) is 6.54 Å². The van der Waals surface area contributed by atoms with Crippen LogP contribution in [0.15, 0.2) is 55.5 Å². The Labute approximate surface area is 147 Å². The molecule has 1 aromatic carbocycles. The third-order valence-corrected chi connectivity index (χ3v) is 3.88. The molecular weight excluding hydrogens is 312 g/mol. The van der Waals surface area contributed by atoms with Crippen LogP contribution < -0.4 is 5.32 Å². The first kappa shape index (κ1) is 16.6. The number of rotatable bonds is 5. The molecule has 0 spiro atoms. The Kier molecular flexibility index (Phi) is 4.75. The van der Waals surface area contributed by atoms with E-state index in [1.807, 2.05) is 16.8 Å². The van der Waals surface area contributed by atoms with Crippen LogP contribution in [0.25, 0.3) is 6.08 Å². The van der Waals surface area contributed by atoms with Crippen molar-refractivity contribution >= 4 is 17.8 Å². The first-order valence-corrected chi connectivity index (χ1v) is 8.04. The van der Waals surface area contributed by atoms with E-state index in [2.05, 4.69) is 47.0 Å². The van der Waals surface area contributed by atoms with Crippen molar-refractivity contribution in [3.8, 4) is 0 Å². The molecule has 5 nitrogen and oxygen atoms in total. The number of anilines is 1. The molecule has 0 radical (unpaired) electrons. The molecule has 25 heavy (non-hydrogen) atoms. The molecule has 2 heterocycles. The highest BCUT2D eigenvalue weighted by Crippen LogP contribution is 2.13. The fourth-order valence-corrected chi connectivity index (χ4v) is 2.65. The number of hydrogen-bond donors (Lipinski definition) is 1. The van der Waals surface area contributed by atoms with Gasteiger partial charge in [0.25, 0.3) is 5.91 Å². The molecule has 2 aromatic heterocycles. The van der Waals surface area contributed by atoms with E-state index in [4.69, 9.17) is 0 Å². The summed E-state index contributed by atoms with van der Waals surface area (Å²) in [7, 11) is 0. The summed E-state index contributed by atoms with van der Waals surface area (Å²) in [6.45, 7) is 8.26. The topological polar surface area (TPSA) is 59.8 Å². The average molecular weight is 332 g/mol. The molecule has 0 aliphatic carbocycles. The van der Waals surface area contributed by atoms with E-state index in [0.717, 1.165) is 5.69 Å². The summed E-state index contributed by atoms with van der Waals surface area (Å²) in [6.07, 6.45) is 5.19. The maximum absolute atomic E-state index is 12.4. The minimum absolute atomic E-state index is 0.221. The van der Waals surface area contributed by atoms with Crippen molar-refractivity contribution < 1.29 is 4.79 Å². The summed E-state index contributed by atoms with van der Waals surface area (Å²) in [6, 6.07) is 11.8. The quantitative estimate of drug-likeness (QED) is 0.772. The van der Waals surface area contributed by atoms with Gasteiger partial charge in [0.15, 0.2) is 5.82 Å². The number of benzene rings is 1. The van der Waals surface area contributed by atoms with E-state index in [9.17, 15) is 4.79 Å². The van der Waals surface area contributed by atoms with Gasteiger partial charge >= 0.3 is 0 Å². The Morgan fingerprint density at radius 3 is 2.84 bits per heavy atom. The van der Waals surface area contributed by atoms with E-state index < -0.39 is 0 Å². The van der Waals surface area contributed by atoms with Gasteiger partial charge in [-0.25, -0.2) is 4.98 Å². The molecule has 0 atom stereocenters. The second-order valence-corrected chi connectivity index (χ2v) is 5.95. The lowest BCUT2D eigenvalue weighted by molar-refractivity contribution is 0.102. The van der Waals surface area contributed by atoms with Gasteiger partial charge in [-0.3, -0.25) is 9.78 Å². The van der Waals surface area contributed by atoms with E-state index in [1.165, 1.54) is 11.1 Å². The second-order valence-electron chi connectivity index (χ2n) is 5.95. The maximum atomic E-state index is 12.4. The average Bonchev–Trinajstić information content (AvgIpc) is 3.01. The summed E-state index contributed by atoms with van der Waals surface area (Å²) in [5.74, 6) is 0.297. The highest BCUT2D eigenvalue weighted by atomic mass is 16.1. The lowest BCUT2D eigenvalue weighted by atomic mass is 10.1. The fraction of sp³-hybridized carbons (Fsp3) is 0.150. The van der Waals surface area contributed by atoms with Crippen LogP contribution in [0.1, 0.15) is 32.9 Å². The molecule has 0 saturated carbocycles. The monoisotopic (exact) mass is 332 g/mol. The molecule has 1 N–H and O–H groups in total. The number of carbonyl (C=O) groups excluding carboxylic acids is 1. The second kappa shape index (κ2) is 7.13. The Balaban J connectivity index is 1.70. The molecule has 1 amide bonds. The zero-order valence-corrected chi connectivity index (χ0v) is 14.4. The maximum Gasteiger partial charge on any atom is 0.258 e. The number of nitrogens with zero attached hydrogens (tertiary/aromatic N) is 3. The molecule has 0 unspecified atom stereocenters. The number of amides is 1. The lowest BCUT2D eigenvalue weighted by Gasteiger charge is -2.06. The van der Waals surface area contributed by atoms with Crippen LogP contribution in [0.4, 0.5) is 5.82 Å². The van der Waals surface area contributed by atoms with Crippen molar-refractivity contribution in [2.75, 3.05) is 5.32 Å². The molecule has 0 fully saturated rings. The molecule has 0 saturated heterocycles. The fourth-order valence-electron chi connectivity index (χ4n) is 2.65. The van der Waals surface area contributed by atoms with Crippen molar-refractivity contribution in [3.63, 3.8) is 0 Å². The minimum Gasteiger partial charge on any atom is -0.331 e. The Hall–Kier alpha value is -3.21. The molecule has 5 heteroatoms. The summed E-state index contributed by atoms with van der Waals surface area (Å²) >= 11 is 0. The third-order valence-electron chi connectivity index (χ3n) is 3.88. The van der Waals surface area contributed by atoms with Crippen LogP contribution in [0.3, 0.4) is 0 Å². The predicted molar refractivity (Wildman–Crippen MR) is 99.5 cm³/mol. The number of nitrogens with one attached hydrogen (secondary N) is 1. The van der Waals surface area contributed by atoms with Gasteiger partial charge in [-0.05, 0) is 37.6 Å². The summed E-state index contributed by atoms with van der Waals surface area (Å²) in [5.41, 5.74) is 4.34. The minimum atomic E-state index is -0.221. The molecular formula is C20H20N4O.